The van der Waals surface area contributed by atoms with E-state index in [-0.39, 0.29) is 17.0 Å². The number of carbonyl (C=O) groups is 1. The first-order chi connectivity index (χ1) is 14.2. The predicted molar refractivity (Wildman–Crippen MR) is 119 cm³/mol. The Bertz CT molecular complexity index is 1170. The molecule has 0 spiro atoms. The van der Waals surface area contributed by atoms with Crippen LogP contribution in [0.2, 0.25) is 5.15 Å². The van der Waals surface area contributed by atoms with Gasteiger partial charge in [-0.1, -0.05) is 62.7 Å². The van der Waals surface area contributed by atoms with Crippen LogP contribution in [0.5, 0.6) is 0 Å². The van der Waals surface area contributed by atoms with Crippen molar-refractivity contribution >= 4 is 29.5 Å². The number of cyclic esters (lactones) is 1. The number of carbonyl (C=O) groups excluding carboxylic acids is 1. The van der Waals surface area contributed by atoms with Crippen molar-refractivity contribution in [2.75, 3.05) is 0 Å². The molecule has 0 N–H and O–H groups in total. The maximum atomic E-state index is 12.4. The van der Waals surface area contributed by atoms with Crippen molar-refractivity contribution in [2.45, 2.75) is 33.1 Å². The lowest BCUT2D eigenvalue weighted by atomic mass is 9.87. The second kappa shape index (κ2) is 7.58. The smallest absolute Gasteiger partial charge is 0.363 e. The molecule has 152 valence electrons. The normalized spacial score (nSPS) is 15.4. The summed E-state index contributed by atoms with van der Waals surface area (Å²) in [5.41, 5.74) is 4.37. The molecule has 0 saturated heterocycles. The molecule has 0 aliphatic carbocycles. The van der Waals surface area contributed by atoms with Crippen molar-refractivity contribution in [2.24, 2.45) is 4.99 Å². The summed E-state index contributed by atoms with van der Waals surface area (Å²) in [6.07, 6.45) is 1.63. The average molecular weight is 420 g/mol. The summed E-state index contributed by atoms with van der Waals surface area (Å²) >= 11 is 6.56. The number of para-hydroxylation sites is 1. The minimum Gasteiger partial charge on any atom is -0.402 e. The minimum absolute atomic E-state index is 0.0466. The topological polar surface area (TPSA) is 56.5 Å². The third-order valence-corrected chi connectivity index (χ3v) is 5.31. The molecule has 0 unspecified atom stereocenters. The second-order valence-electron chi connectivity index (χ2n) is 8.20. The van der Waals surface area contributed by atoms with Gasteiger partial charge < -0.3 is 4.74 Å². The highest BCUT2D eigenvalue weighted by Crippen LogP contribution is 2.28. The maximum Gasteiger partial charge on any atom is 0.363 e. The average Bonchev–Trinajstić information content (AvgIpc) is 3.23. The summed E-state index contributed by atoms with van der Waals surface area (Å²) in [6, 6.07) is 17.5. The van der Waals surface area contributed by atoms with Crippen LogP contribution in [0.15, 0.2) is 65.3 Å². The molecule has 3 aromatic rings. The number of nitrogens with zero attached hydrogens (tertiary/aromatic N) is 3. The van der Waals surface area contributed by atoms with Crippen LogP contribution in [0.4, 0.5) is 0 Å². The lowest BCUT2D eigenvalue weighted by Gasteiger charge is -2.18. The summed E-state index contributed by atoms with van der Waals surface area (Å²) < 4.78 is 7.04. The largest absolute Gasteiger partial charge is 0.402 e. The minimum atomic E-state index is -0.507. The molecule has 1 aromatic heterocycles. The quantitative estimate of drug-likeness (QED) is 0.417. The fourth-order valence-electron chi connectivity index (χ4n) is 3.20. The number of hydrogen-bond acceptors (Lipinski definition) is 4. The first-order valence-electron chi connectivity index (χ1n) is 9.68. The number of hydrogen-bond donors (Lipinski definition) is 0. The highest BCUT2D eigenvalue weighted by atomic mass is 35.5. The molecule has 0 atom stereocenters. The van der Waals surface area contributed by atoms with Crippen LogP contribution in [0.3, 0.4) is 0 Å². The van der Waals surface area contributed by atoms with Gasteiger partial charge in [-0.2, -0.15) is 5.10 Å². The molecule has 6 heteroatoms. The standard InChI is InChI=1S/C24H22ClN3O2/c1-15-19(21(25)28(27-15)18-8-6-5-7-9-18)14-20-23(29)30-22(26-20)16-10-12-17(13-11-16)24(2,3)4/h5-14H,1-4H3. The van der Waals surface area contributed by atoms with Crippen LogP contribution in [-0.2, 0) is 14.9 Å². The maximum absolute atomic E-state index is 12.4. The van der Waals surface area contributed by atoms with Gasteiger partial charge in [0.2, 0.25) is 5.90 Å². The Hall–Kier alpha value is -3.18. The first-order valence-corrected chi connectivity index (χ1v) is 10.1. The zero-order valence-corrected chi connectivity index (χ0v) is 18.1. The number of aryl methyl sites for hydroxylation is 1. The highest BCUT2D eigenvalue weighted by Gasteiger charge is 2.26. The molecule has 1 aliphatic rings. The lowest BCUT2D eigenvalue weighted by molar-refractivity contribution is -0.129. The van der Waals surface area contributed by atoms with Crippen LogP contribution in [0.1, 0.15) is 43.2 Å². The van der Waals surface area contributed by atoms with E-state index in [1.807, 2.05) is 61.5 Å². The van der Waals surface area contributed by atoms with Gasteiger partial charge in [-0.25, -0.2) is 14.5 Å². The molecule has 0 fully saturated rings. The Kier molecular flexibility index (Phi) is 5.08. The van der Waals surface area contributed by atoms with Gasteiger partial charge in [-0.15, -0.1) is 0 Å². The fourth-order valence-corrected chi connectivity index (χ4v) is 3.52. The van der Waals surface area contributed by atoms with Gasteiger partial charge in [0.1, 0.15) is 5.15 Å². The summed E-state index contributed by atoms with van der Waals surface area (Å²) in [5, 5.41) is 4.91. The van der Waals surface area contributed by atoms with Crippen molar-refractivity contribution in [1.29, 1.82) is 0 Å². The van der Waals surface area contributed by atoms with Crippen LogP contribution in [0, 0.1) is 6.92 Å². The second-order valence-corrected chi connectivity index (χ2v) is 8.56. The molecule has 0 bridgehead atoms. The molecule has 2 aromatic carbocycles. The van der Waals surface area contributed by atoms with Crippen LogP contribution >= 0.6 is 11.6 Å². The summed E-state index contributed by atoms with van der Waals surface area (Å²) in [6.45, 7) is 8.29. The van der Waals surface area contributed by atoms with E-state index >= 15 is 0 Å². The van der Waals surface area contributed by atoms with Gasteiger partial charge in [-0.05, 0) is 48.2 Å². The SMILES string of the molecule is Cc1nn(-c2ccccc2)c(Cl)c1C=C1N=C(c2ccc(C(C)(C)C)cc2)OC1=O. The Morgan fingerprint density at radius 3 is 2.33 bits per heavy atom. The number of halogens is 1. The van der Waals surface area contributed by atoms with E-state index < -0.39 is 5.97 Å². The van der Waals surface area contributed by atoms with Crippen LogP contribution in [-0.4, -0.2) is 21.6 Å². The Morgan fingerprint density at radius 1 is 1.03 bits per heavy atom. The number of ether oxygens (including phenoxy) is 1. The van der Waals surface area contributed by atoms with Gasteiger partial charge in [0, 0.05) is 11.1 Å². The van der Waals surface area contributed by atoms with Gasteiger partial charge in [-0.3, -0.25) is 0 Å². The fraction of sp³-hybridized carbons (Fsp3) is 0.208. The molecule has 0 saturated carbocycles. The molecule has 0 radical (unpaired) electrons. The van der Waals surface area contributed by atoms with Crippen molar-refractivity contribution in [3.05, 3.63) is 87.8 Å². The van der Waals surface area contributed by atoms with E-state index in [1.165, 1.54) is 5.56 Å². The van der Waals surface area contributed by atoms with E-state index in [4.69, 9.17) is 16.3 Å². The van der Waals surface area contributed by atoms with Gasteiger partial charge in [0.15, 0.2) is 5.70 Å². The number of aliphatic imine (C=N–C) groups is 1. The van der Waals surface area contributed by atoms with Gasteiger partial charge in [0.05, 0.1) is 11.4 Å². The van der Waals surface area contributed by atoms with E-state index in [0.29, 0.717) is 16.4 Å². The van der Waals surface area contributed by atoms with E-state index in [0.717, 1.165) is 11.3 Å². The number of esters is 1. The third-order valence-electron chi connectivity index (χ3n) is 4.95. The summed E-state index contributed by atoms with van der Waals surface area (Å²) in [5.74, 6) is -0.219. The molecule has 0 amide bonds. The van der Waals surface area contributed by atoms with E-state index in [1.54, 1.807) is 10.8 Å². The molecule has 30 heavy (non-hydrogen) atoms. The first kappa shape index (κ1) is 20.1. The Balaban J connectivity index is 1.67. The zero-order chi connectivity index (χ0) is 21.5. The molecule has 5 nitrogen and oxygen atoms in total. The molecule has 4 rings (SSSR count). The van der Waals surface area contributed by atoms with Crippen molar-refractivity contribution < 1.29 is 9.53 Å². The van der Waals surface area contributed by atoms with E-state index in [9.17, 15) is 4.79 Å². The summed E-state index contributed by atoms with van der Waals surface area (Å²) in [4.78, 5) is 16.8. The van der Waals surface area contributed by atoms with E-state index in [2.05, 4.69) is 30.9 Å². The molecule has 1 aliphatic heterocycles. The molecule has 2 heterocycles. The zero-order valence-electron chi connectivity index (χ0n) is 17.3. The van der Waals surface area contributed by atoms with Crippen molar-refractivity contribution in [1.82, 2.24) is 9.78 Å². The van der Waals surface area contributed by atoms with Crippen molar-refractivity contribution in [3.8, 4) is 5.69 Å². The Morgan fingerprint density at radius 2 is 1.70 bits per heavy atom. The number of aromatic nitrogens is 2. The molecular formula is C24H22ClN3O2. The number of benzene rings is 2. The monoisotopic (exact) mass is 419 g/mol. The predicted octanol–water partition coefficient (Wildman–Crippen LogP) is 5.48. The van der Waals surface area contributed by atoms with Gasteiger partial charge in [0.25, 0.3) is 0 Å². The third kappa shape index (κ3) is 3.81. The lowest BCUT2D eigenvalue weighted by Crippen LogP contribution is -2.11. The van der Waals surface area contributed by atoms with Gasteiger partial charge >= 0.3 is 5.97 Å². The van der Waals surface area contributed by atoms with Crippen LogP contribution < -0.4 is 0 Å². The Labute approximate surface area is 180 Å². The molecular weight excluding hydrogens is 398 g/mol. The number of rotatable bonds is 3. The highest BCUT2D eigenvalue weighted by molar-refractivity contribution is 6.31. The van der Waals surface area contributed by atoms with Crippen molar-refractivity contribution in [3.63, 3.8) is 0 Å². The van der Waals surface area contributed by atoms with Crippen LogP contribution in [0.25, 0.3) is 11.8 Å². The summed E-state index contributed by atoms with van der Waals surface area (Å²) in [7, 11) is 0.